The molecule has 9 rings (SSSR count). The number of piperidine rings is 2. The van der Waals surface area contributed by atoms with Gasteiger partial charge in [0, 0.05) is 71.7 Å². The molecule has 0 bridgehead atoms. The van der Waals surface area contributed by atoms with E-state index in [9.17, 15) is 33.6 Å². The van der Waals surface area contributed by atoms with E-state index in [0.29, 0.717) is 96.1 Å². The topological polar surface area (TPSA) is 273 Å². The Morgan fingerprint density at radius 2 is 1.43 bits per heavy atom. The molecule has 8 amide bonds. The van der Waals surface area contributed by atoms with Gasteiger partial charge in [-0.25, -0.2) is 14.8 Å². The van der Waals surface area contributed by atoms with Crippen LogP contribution >= 0.6 is 0 Å². The molecule has 3 aromatic rings. The van der Waals surface area contributed by atoms with Crippen molar-refractivity contribution < 1.29 is 52.5 Å². The van der Waals surface area contributed by atoms with Crippen LogP contribution < -0.4 is 31.9 Å². The molecule has 6 N–H and O–H groups in total. The van der Waals surface area contributed by atoms with Crippen molar-refractivity contribution in [2.45, 2.75) is 152 Å². The van der Waals surface area contributed by atoms with Crippen LogP contribution in [0.2, 0.25) is 0 Å². The quantitative estimate of drug-likeness (QED) is 0.0615. The maximum absolute atomic E-state index is 14.7. The van der Waals surface area contributed by atoms with Crippen LogP contribution in [-0.2, 0) is 55.8 Å². The van der Waals surface area contributed by atoms with Gasteiger partial charge in [0.25, 0.3) is 5.91 Å². The Labute approximate surface area is 518 Å². The molecule has 1 unspecified atom stereocenters. The van der Waals surface area contributed by atoms with Crippen molar-refractivity contribution in [1.29, 1.82) is 0 Å². The minimum atomic E-state index is -0.820. The summed E-state index contributed by atoms with van der Waals surface area (Å²) in [6.45, 7) is 8.64. The Morgan fingerprint density at radius 3 is 2.11 bits per heavy atom. The molecule has 6 atom stereocenters. The fourth-order valence-corrected chi connectivity index (χ4v) is 13.5. The molecule has 1 saturated carbocycles. The molecular formula is C65H94N12O11. The highest BCUT2D eigenvalue weighted by Crippen LogP contribution is 2.34. The first-order valence-corrected chi connectivity index (χ1v) is 32.3. The summed E-state index contributed by atoms with van der Waals surface area (Å²) in [5, 5.41) is 12.3. The number of likely N-dealkylation sites (tertiary alicyclic amines) is 2. The molecule has 1 aromatic heterocycles. The minimum absolute atomic E-state index is 0.0502. The first-order valence-electron chi connectivity index (χ1n) is 32.3. The number of nitrogens with one attached hydrogen (secondary N) is 4. The van der Waals surface area contributed by atoms with Gasteiger partial charge in [0.05, 0.1) is 89.3 Å². The van der Waals surface area contributed by atoms with Crippen LogP contribution in [-0.4, -0.2) is 214 Å². The number of benzene rings is 2. The molecule has 0 radical (unpaired) electrons. The number of amides is 8. The number of anilines is 1. The predicted octanol–water partition coefficient (Wildman–Crippen LogP) is 4.01. The van der Waals surface area contributed by atoms with E-state index in [1.54, 1.807) is 30.0 Å². The summed E-state index contributed by atoms with van der Waals surface area (Å²) in [5.74, 6) is -0.655. The third-order valence-electron chi connectivity index (χ3n) is 18.6. The number of rotatable bonds is 29. The molecule has 480 valence electrons. The van der Waals surface area contributed by atoms with E-state index in [-0.39, 0.29) is 91.9 Å². The number of nitrogens with two attached hydrogens (primary N) is 1. The van der Waals surface area contributed by atoms with Crippen molar-refractivity contribution >= 4 is 47.3 Å². The van der Waals surface area contributed by atoms with Crippen molar-refractivity contribution in [2.24, 2.45) is 11.7 Å². The lowest BCUT2D eigenvalue weighted by Gasteiger charge is -2.37. The number of fused-ring (bicyclic) bond motifs is 1. The van der Waals surface area contributed by atoms with Crippen molar-refractivity contribution in [3.8, 4) is 0 Å². The maximum atomic E-state index is 14.7. The van der Waals surface area contributed by atoms with Gasteiger partial charge >= 0.3 is 6.03 Å². The lowest BCUT2D eigenvalue weighted by Crippen LogP contribution is -2.58. The van der Waals surface area contributed by atoms with E-state index in [1.165, 1.54) is 11.1 Å². The Balaban J connectivity index is 0.619. The van der Waals surface area contributed by atoms with Crippen molar-refractivity contribution in [1.82, 2.24) is 50.8 Å². The summed E-state index contributed by atoms with van der Waals surface area (Å²) in [7, 11) is 3.54. The second kappa shape index (κ2) is 32.6. The normalized spacial score (nSPS) is 21.7. The summed E-state index contributed by atoms with van der Waals surface area (Å²) in [6.07, 6.45) is 13.5. The van der Waals surface area contributed by atoms with E-state index in [2.05, 4.69) is 67.5 Å². The summed E-state index contributed by atoms with van der Waals surface area (Å²) < 4.78 is 22.8. The molecular weight excluding hydrogens is 1120 g/mol. The number of urea groups is 1. The summed E-state index contributed by atoms with van der Waals surface area (Å²) in [5.41, 5.74) is 10.9. The van der Waals surface area contributed by atoms with Gasteiger partial charge in [-0.05, 0) is 112 Å². The number of carbonyl (C=O) groups excluding carboxylic acids is 7. The monoisotopic (exact) mass is 1220 g/mol. The van der Waals surface area contributed by atoms with Gasteiger partial charge in [0.1, 0.15) is 23.6 Å². The Morgan fingerprint density at radius 1 is 0.739 bits per heavy atom. The zero-order valence-corrected chi connectivity index (χ0v) is 51.9. The van der Waals surface area contributed by atoms with Gasteiger partial charge in [-0.3, -0.25) is 28.8 Å². The number of nitrogens with zero attached hydrogens (tertiary/aromatic N) is 7. The number of ether oxygens (including phenoxy) is 4. The number of primary amides is 1. The minimum Gasteiger partial charge on any atom is -0.379 e. The first kappa shape index (κ1) is 65.7. The maximum Gasteiger partial charge on any atom is 0.320 e. The summed E-state index contributed by atoms with van der Waals surface area (Å²) >= 11 is 0. The lowest BCUT2D eigenvalue weighted by atomic mass is 9.83. The SMILES string of the molecule is CNC(C)C(=O)N[C@H](C(=O)N1C[C@@H](NC(=O)CCOCCOCCOCCOCCC(=O)N2CCC(c3ccc(Cc4nc(N5CCC[C@@H](N6CCN(C)C6=O)C5)cnc4C(N)=O)cc3)CC2)C[C@H]1C(=O)N[C@@H]1CCCc2ccccc21)C1CCCCC1. The zero-order valence-electron chi connectivity index (χ0n) is 51.9. The Kier molecular flexibility index (Phi) is 24.3. The first-order chi connectivity index (χ1) is 42.7. The van der Waals surface area contributed by atoms with Crippen LogP contribution in [0.5, 0.6) is 0 Å². The second-order valence-electron chi connectivity index (χ2n) is 24.6. The molecule has 5 fully saturated rings. The van der Waals surface area contributed by atoms with Crippen LogP contribution in [0.25, 0.3) is 0 Å². The van der Waals surface area contributed by atoms with E-state index >= 15 is 0 Å². The van der Waals surface area contributed by atoms with Crippen LogP contribution in [0.15, 0.2) is 54.7 Å². The number of hydrogen-bond acceptors (Lipinski definition) is 15. The number of likely N-dealkylation sites (N-methyl/N-ethyl adjacent to an activating group) is 2. The van der Waals surface area contributed by atoms with Crippen molar-refractivity contribution in [3.05, 3.63) is 88.4 Å². The highest BCUT2D eigenvalue weighted by Gasteiger charge is 2.45. The van der Waals surface area contributed by atoms with Crippen molar-refractivity contribution in [2.75, 3.05) is 118 Å². The largest absolute Gasteiger partial charge is 0.379 e. The second-order valence-corrected chi connectivity index (χ2v) is 24.6. The van der Waals surface area contributed by atoms with Crippen LogP contribution in [0.3, 0.4) is 0 Å². The standard InChI is InChI=1S/C65H94N12O11/c1-44(67-2)62(81)72-59(49-12-5-4-6-13-49)64(83)77-42-50(40-55(77)63(82)71-53-17-9-14-48-11-7-8-16-52(48)53)69-57(78)24-31-85-33-35-87-37-38-88-36-34-86-32-25-58(79)74-27-22-47(23-28-74)46-20-18-45(19-21-46)39-54-60(61(66)80)68-41-56(70-54)75-26-10-15-51(43-75)76-30-29-73(3)65(76)84/h7-8,11,16,18-21,41,44,47,49-51,53,55,59,67H,4-6,9-10,12-15,17,22-40,42-43H2,1-3H3,(H2,66,80)(H,69,78)(H,71,82)(H,72,81)/t44?,50-,51+,53+,55-,59-/m0/s1. The number of aromatic nitrogens is 2. The van der Waals surface area contributed by atoms with Crippen molar-refractivity contribution in [3.63, 3.8) is 0 Å². The predicted molar refractivity (Wildman–Crippen MR) is 330 cm³/mol. The van der Waals surface area contributed by atoms with E-state index in [4.69, 9.17) is 29.7 Å². The van der Waals surface area contributed by atoms with Gasteiger partial charge in [0.15, 0.2) is 0 Å². The lowest BCUT2D eigenvalue weighted by molar-refractivity contribution is -0.143. The molecule has 4 saturated heterocycles. The summed E-state index contributed by atoms with van der Waals surface area (Å²) in [4.78, 5) is 112. The highest BCUT2D eigenvalue weighted by molar-refractivity contribution is 5.94. The molecule has 6 aliphatic rings. The van der Waals surface area contributed by atoms with Crippen LogP contribution in [0.1, 0.15) is 147 Å². The Bertz CT molecular complexity index is 2830. The van der Waals surface area contributed by atoms with Crippen LogP contribution in [0, 0.1) is 5.92 Å². The molecule has 88 heavy (non-hydrogen) atoms. The smallest absolute Gasteiger partial charge is 0.320 e. The van der Waals surface area contributed by atoms with E-state index in [0.717, 1.165) is 101 Å². The van der Waals surface area contributed by atoms with Gasteiger partial charge in [0.2, 0.25) is 29.5 Å². The number of aryl methyl sites for hydroxylation is 1. The Hall–Kier alpha value is -6.79. The van der Waals surface area contributed by atoms with Crippen LogP contribution in [0.4, 0.5) is 10.6 Å². The average molecular weight is 1220 g/mol. The molecule has 2 aromatic carbocycles. The van der Waals surface area contributed by atoms with E-state index in [1.807, 2.05) is 29.0 Å². The third-order valence-corrected chi connectivity index (χ3v) is 18.6. The van der Waals surface area contributed by atoms with Gasteiger partial charge in [-0.2, -0.15) is 0 Å². The van der Waals surface area contributed by atoms with Gasteiger partial charge in [-0.15, -0.1) is 0 Å². The van der Waals surface area contributed by atoms with Gasteiger partial charge in [-0.1, -0.05) is 67.8 Å². The number of carbonyl (C=O) groups is 7. The molecule has 23 nitrogen and oxygen atoms in total. The summed E-state index contributed by atoms with van der Waals surface area (Å²) in [6, 6.07) is 13.9. The third kappa shape index (κ3) is 17.8. The van der Waals surface area contributed by atoms with E-state index < -0.39 is 30.1 Å². The molecule has 2 aliphatic carbocycles. The average Bonchev–Trinajstić information content (AvgIpc) is 3.42. The molecule has 0 spiro atoms. The molecule has 23 heteroatoms. The number of hydrogen-bond donors (Lipinski definition) is 5. The molecule has 4 aliphatic heterocycles. The zero-order chi connectivity index (χ0) is 61.9. The fourth-order valence-electron chi connectivity index (χ4n) is 13.5. The highest BCUT2D eigenvalue weighted by atomic mass is 16.6. The van der Waals surface area contributed by atoms with Gasteiger partial charge < -0.3 is 70.4 Å². The fraction of sp³-hybridized carbons (Fsp3) is 0.646. The molecule has 5 heterocycles.